The second-order valence-electron chi connectivity index (χ2n) is 3.98. The summed E-state index contributed by atoms with van der Waals surface area (Å²) in [6.45, 7) is 0. The minimum Gasteiger partial charge on any atom is -0.297 e. The van der Waals surface area contributed by atoms with Gasteiger partial charge >= 0.3 is 0 Å². The van der Waals surface area contributed by atoms with E-state index in [1.165, 1.54) is 12.4 Å². The smallest absolute Gasteiger partial charge is 0.161 e. The molecule has 4 nitrogen and oxygen atoms in total. The van der Waals surface area contributed by atoms with E-state index in [2.05, 4.69) is 9.98 Å². The average molecular weight is 328 g/mol. The Hall–Kier alpha value is -2.18. The number of benzene rings is 2. The van der Waals surface area contributed by atoms with Crippen LogP contribution in [0, 0.1) is 0 Å². The van der Waals surface area contributed by atoms with E-state index in [4.69, 9.17) is 0 Å². The van der Waals surface area contributed by atoms with Crippen LogP contribution >= 0.6 is 21.6 Å². The summed E-state index contributed by atoms with van der Waals surface area (Å²) in [6.07, 6.45) is 3.76. The maximum Gasteiger partial charge on any atom is 0.161 e. The Kier molecular flexibility index (Phi) is 6.60. The van der Waals surface area contributed by atoms with E-state index in [0.29, 0.717) is 12.6 Å². The molecular weight excluding hydrogens is 316 g/mol. The number of carbonyl (C=O) groups is 2. The van der Waals surface area contributed by atoms with E-state index in [1.807, 2.05) is 48.5 Å². The first kappa shape index (κ1) is 16.2. The van der Waals surface area contributed by atoms with Crippen LogP contribution in [0.25, 0.3) is 0 Å². The second-order valence-corrected chi connectivity index (χ2v) is 6.26. The number of nitrogens with zero attached hydrogens (tertiary/aromatic N) is 2. The van der Waals surface area contributed by atoms with Gasteiger partial charge in [0.15, 0.2) is 12.6 Å². The Morgan fingerprint density at radius 3 is 1.32 bits per heavy atom. The van der Waals surface area contributed by atoms with Gasteiger partial charge in [0.2, 0.25) is 0 Å². The fourth-order valence-electron chi connectivity index (χ4n) is 1.50. The van der Waals surface area contributed by atoms with Crippen LogP contribution in [0.3, 0.4) is 0 Å². The molecule has 0 unspecified atom stereocenters. The Bertz CT molecular complexity index is 619. The molecule has 0 spiro atoms. The van der Waals surface area contributed by atoms with E-state index in [-0.39, 0.29) is 0 Å². The summed E-state index contributed by atoms with van der Waals surface area (Å²) < 4.78 is 0. The first-order chi connectivity index (χ1) is 10.8. The largest absolute Gasteiger partial charge is 0.297 e. The maximum absolute atomic E-state index is 10.2. The first-order valence-electron chi connectivity index (χ1n) is 6.32. The van der Waals surface area contributed by atoms with Crippen LogP contribution in [-0.4, -0.2) is 25.0 Å². The van der Waals surface area contributed by atoms with Crippen molar-refractivity contribution in [3.63, 3.8) is 0 Å². The van der Waals surface area contributed by atoms with Gasteiger partial charge in [-0.1, -0.05) is 21.6 Å². The second kappa shape index (κ2) is 8.96. The molecule has 0 N–H and O–H groups in total. The molecule has 0 bridgehead atoms. The van der Waals surface area contributed by atoms with Crippen LogP contribution in [0.4, 0.5) is 11.4 Å². The highest BCUT2D eigenvalue weighted by atomic mass is 33.1. The Balaban J connectivity index is 1.92. The third kappa shape index (κ3) is 5.31. The Labute approximate surface area is 136 Å². The van der Waals surface area contributed by atoms with Crippen molar-refractivity contribution in [3.05, 3.63) is 48.5 Å². The fraction of sp³-hybridized carbons (Fsp3) is 0. The summed E-state index contributed by atoms with van der Waals surface area (Å²) in [5, 5.41) is 0. The molecule has 0 aliphatic heterocycles. The molecule has 0 atom stereocenters. The van der Waals surface area contributed by atoms with Gasteiger partial charge < -0.3 is 0 Å². The van der Waals surface area contributed by atoms with Gasteiger partial charge in [-0.15, -0.1) is 0 Å². The monoisotopic (exact) mass is 328 g/mol. The number of aliphatic imine (C=N–C) groups is 2. The average Bonchev–Trinajstić information content (AvgIpc) is 2.58. The van der Waals surface area contributed by atoms with Gasteiger partial charge in [-0.3, -0.25) is 19.6 Å². The fourth-order valence-corrected chi connectivity index (χ4v) is 3.44. The highest BCUT2D eigenvalue weighted by molar-refractivity contribution is 8.76. The minimum atomic E-state index is 0.654. The van der Waals surface area contributed by atoms with Crippen LogP contribution in [0.5, 0.6) is 0 Å². The van der Waals surface area contributed by atoms with E-state index in [9.17, 15) is 9.59 Å². The molecular formula is C16H12N2O2S2. The van der Waals surface area contributed by atoms with Crippen LogP contribution in [-0.2, 0) is 9.59 Å². The molecule has 0 amide bonds. The molecule has 0 aliphatic rings. The van der Waals surface area contributed by atoms with Gasteiger partial charge in [0.1, 0.15) is 0 Å². The maximum atomic E-state index is 10.2. The molecule has 0 aromatic heterocycles. The summed E-state index contributed by atoms with van der Waals surface area (Å²) in [4.78, 5) is 30.5. The molecule has 0 saturated carbocycles. The highest BCUT2D eigenvalue weighted by Crippen LogP contribution is 2.38. The molecule has 0 saturated heterocycles. The number of aldehydes is 2. The van der Waals surface area contributed by atoms with Crippen molar-refractivity contribution >= 4 is 58.0 Å². The van der Waals surface area contributed by atoms with Gasteiger partial charge in [-0.05, 0) is 48.5 Å². The third-order valence-electron chi connectivity index (χ3n) is 2.48. The molecule has 22 heavy (non-hydrogen) atoms. The molecule has 110 valence electrons. The van der Waals surface area contributed by atoms with Crippen molar-refractivity contribution < 1.29 is 9.59 Å². The van der Waals surface area contributed by atoms with Gasteiger partial charge in [-0.2, -0.15) is 0 Å². The van der Waals surface area contributed by atoms with E-state index in [0.717, 1.165) is 21.2 Å². The third-order valence-corrected chi connectivity index (χ3v) is 4.89. The van der Waals surface area contributed by atoms with Crippen molar-refractivity contribution in [2.75, 3.05) is 0 Å². The van der Waals surface area contributed by atoms with E-state index >= 15 is 0 Å². The molecule has 2 aromatic rings. The topological polar surface area (TPSA) is 58.9 Å². The molecule has 0 fully saturated rings. The van der Waals surface area contributed by atoms with Crippen molar-refractivity contribution in [1.82, 2.24) is 0 Å². The Morgan fingerprint density at radius 2 is 1.00 bits per heavy atom. The van der Waals surface area contributed by atoms with Crippen LogP contribution in [0.1, 0.15) is 0 Å². The van der Waals surface area contributed by atoms with Crippen molar-refractivity contribution in [2.24, 2.45) is 9.98 Å². The summed E-state index contributed by atoms with van der Waals surface area (Å²) in [7, 11) is 3.26. The lowest BCUT2D eigenvalue weighted by Crippen LogP contribution is -1.74. The predicted octanol–water partition coefficient (Wildman–Crippen LogP) is 4.29. The lowest BCUT2D eigenvalue weighted by atomic mass is 10.3. The van der Waals surface area contributed by atoms with Gasteiger partial charge in [0.05, 0.1) is 23.8 Å². The predicted molar refractivity (Wildman–Crippen MR) is 93.0 cm³/mol. The van der Waals surface area contributed by atoms with Crippen LogP contribution in [0.15, 0.2) is 68.3 Å². The van der Waals surface area contributed by atoms with Gasteiger partial charge in [0, 0.05) is 9.79 Å². The van der Waals surface area contributed by atoms with Gasteiger partial charge in [-0.25, -0.2) is 0 Å². The zero-order chi connectivity index (χ0) is 15.6. The van der Waals surface area contributed by atoms with Gasteiger partial charge in [0.25, 0.3) is 0 Å². The molecule has 2 rings (SSSR count). The number of rotatable bonds is 7. The van der Waals surface area contributed by atoms with Crippen LogP contribution < -0.4 is 0 Å². The van der Waals surface area contributed by atoms with Crippen molar-refractivity contribution in [3.8, 4) is 0 Å². The first-order valence-corrected chi connectivity index (χ1v) is 8.47. The molecule has 0 aliphatic carbocycles. The summed E-state index contributed by atoms with van der Waals surface area (Å²) in [5.74, 6) is 0. The molecule has 0 radical (unpaired) electrons. The summed E-state index contributed by atoms with van der Waals surface area (Å²) >= 11 is 0. The van der Waals surface area contributed by atoms with E-state index < -0.39 is 0 Å². The lowest BCUT2D eigenvalue weighted by molar-refractivity contribution is -0.103. The molecule has 2 aromatic carbocycles. The molecule has 6 heteroatoms. The quantitative estimate of drug-likeness (QED) is 0.432. The SMILES string of the molecule is O=CC=Nc1ccc(SSc2ccc(N=CC=O)cc2)cc1. The molecule has 0 heterocycles. The zero-order valence-electron chi connectivity index (χ0n) is 11.5. The highest BCUT2D eigenvalue weighted by Gasteiger charge is 1.98. The normalized spacial score (nSPS) is 11.1. The minimum absolute atomic E-state index is 0.654. The summed E-state index contributed by atoms with van der Waals surface area (Å²) in [5.41, 5.74) is 1.50. The standard InChI is InChI=1S/C16H12N2O2S2/c19-11-9-17-13-1-5-15(6-2-13)21-22-16-7-3-14(4-8-16)18-10-12-20/h1-12H. The number of hydrogen-bond donors (Lipinski definition) is 0. The summed E-state index contributed by atoms with van der Waals surface area (Å²) in [6, 6.07) is 15.3. The number of hydrogen-bond acceptors (Lipinski definition) is 6. The van der Waals surface area contributed by atoms with Crippen LogP contribution in [0.2, 0.25) is 0 Å². The van der Waals surface area contributed by atoms with E-state index in [1.54, 1.807) is 21.6 Å². The lowest BCUT2D eigenvalue weighted by Gasteiger charge is -2.02. The van der Waals surface area contributed by atoms with Crippen molar-refractivity contribution in [2.45, 2.75) is 9.79 Å². The van der Waals surface area contributed by atoms with Crippen molar-refractivity contribution in [1.29, 1.82) is 0 Å². The Morgan fingerprint density at radius 1 is 0.636 bits per heavy atom. The zero-order valence-corrected chi connectivity index (χ0v) is 13.1. The number of carbonyl (C=O) groups excluding carboxylic acids is 2.